The lowest BCUT2D eigenvalue weighted by Gasteiger charge is -2.07. The van der Waals surface area contributed by atoms with Gasteiger partial charge in [0.05, 0.1) is 10.9 Å². The average Bonchev–Trinajstić information content (AvgIpc) is 2.89. The first-order valence-corrected chi connectivity index (χ1v) is 6.66. The fourth-order valence-corrected chi connectivity index (χ4v) is 2.45. The second-order valence-corrected chi connectivity index (χ2v) is 5.05. The minimum Gasteiger partial charge on any atom is -0.471 e. The van der Waals surface area contributed by atoms with Gasteiger partial charge < -0.3 is 4.74 Å². The Bertz CT molecular complexity index is 670. The Hall–Kier alpha value is -1.65. The Morgan fingerprint density at radius 3 is 2.83 bits per heavy atom. The van der Waals surface area contributed by atoms with Gasteiger partial charge in [-0.1, -0.05) is 18.2 Å². The summed E-state index contributed by atoms with van der Waals surface area (Å²) in [4.78, 5) is 9.44. The molecule has 3 nitrogen and oxygen atoms in total. The normalized spacial score (nSPS) is 10.7. The maximum absolute atomic E-state index is 5.88. The lowest BCUT2D eigenvalue weighted by Crippen LogP contribution is -1.98. The van der Waals surface area contributed by atoms with Gasteiger partial charge >= 0.3 is 0 Å². The van der Waals surface area contributed by atoms with Crippen LogP contribution in [0.5, 0.6) is 5.88 Å². The SMILES string of the molecule is Clc1nc(OCc2cccs2)c2ccccc2n1. The van der Waals surface area contributed by atoms with Crippen molar-refractivity contribution in [2.75, 3.05) is 0 Å². The first-order chi connectivity index (χ1) is 8.83. The third-order valence-electron chi connectivity index (χ3n) is 2.47. The average molecular weight is 277 g/mol. The van der Waals surface area contributed by atoms with Gasteiger partial charge in [-0.15, -0.1) is 11.3 Å². The Labute approximate surface area is 113 Å². The van der Waals surface area contributed by atoms with Crippen molar-refractivity contribution in [3.8, 4) is 5.88 Å². The van der Waals surface area contributed by atoms with Crippen molar-refractivity contribution in [2.45, 2.75) is 6.61 Å². The second-order valence-electron chi connectivity index (χ2n) is 3.68. The molecule has 0 atom stereocenters. The van der Waals surface area contributed by atoms with Gasteiger partial charge in [0, 0.05) is 4.88 Å². The Morgan fingerprint density at radius 2 is 2.00 bits per heavy atom. The number of aromatic nitrogens is 2. The largest absolute Gasteiger partial charge is 0.471 e. The molecule has 0 radical (unpaired) electrons. The van der Waals surface area contributed by atoms with Crippen LogP contribution in [0.1, 0.15) is 4.88 Å². The topological polar surface area (TPSA) is 35.0 Å². The number of ether oxygens (including phenoxy) is 1. The predicted octanol–water partition coefficient (Wildman–Crippen LogP) is 3.92. The summed E-state index contributed by atoms with van der Waals surface area (Å²) in [5.41, 5.74) is 0.790. The van der Waals surface area contributed by atoms with Crippen molar-refractivity contribution >= 4 is 33.8 Å². The van der Waals surface area contributed by atoms with Gasteiger partial charge in [0.15, 0.2) is 0 Å². The van der Waals surface area contributed by atoms with Gasteiger partial charge in [-0.3, -0.25) is 0 Å². The molecule has 0 saturated carbocycles. The summed E-state index contributed by atoms with van der Waals surface area (Å²) < 4.78 is 5.72. The van der Waals surface area contributed by atoms with E-state index in [-0.39, 0.29) is 5.28 Å². The maximum atomic E-state index is 5.88. The molecule has 2 aromatic heterocycles. The van der Waals surface area contributed by atoms with Crippen LogP contribution in [0.25, 0.3) is 10.9 Å². The zero-order valence-electron chi connectivity index (χ0n) is 9.34. The highest BCUT2D eigenvalue weighted by Gasteiger charge is 2.07. The highest BCUT2D eigenvalue weighted by atomic mass is 35.5. The number of thiophene rings is 1. The Morgan fingerprint density at radius 1 is 1.11 bits per heavy atom. The standard InChI is InChI=1S/C13H9ClN2OS/c14-13-15-11-6-2-1-5-10(11)12(16-13)17-8-9-4-3-7-18-9/h1-7H,8H2. The van der Waals surface area contributed by atoms with Gasteiger partial charge in [0.1, 0.15) is 6.61 Å². The van der Waals surface area contributed by atoms with Crippen molar-refractivity contribution in [3.05, 3.63) is 51.9 Å². The minimum absolute atomic E-state index is 0.204. The molecule has 0 aliphatic carbocycles. The molecule has 2 heterocycles. The van der Waals surface area contributed by atoms with E-state index in [1.54, 1.807) is 11.3 Å². The molecule has 0 amide bonds. The molecule has 0 aliphatic rings. The van der Waals surface area contributed by atoms with Crippen molar-refractivity contribution in [2.24, 2.45) is 0 Å². The van der Waals surface area contributed by atoms with Gasteiger partial charge in [0.2, 0.25) is 11.2 Å². The number of halogens is 1. The third kappa shape index (κ3) is 2.30. The van der Waals surface area contributed by atoms with Gasteiger partial charge in [-0.25, -0.2) is 4.98 Å². The van der Waals surface area contributed by atoms with Gasteiger partial charge in [-0.05, 0) is 35.2 Å². The summed E-state index contributed by atoms with van der Waals surface area (Å²) in [6, 6.07) is 11.7. The number of rotatable bonds is 3. The molecular formula is C13H9ClN2OS. The van der Waals surface area contributed by atoms with Crippen LogP contribution in [0.15, 0.2) is 41.8 Å². The first-order valence-electron chi connectivity index (χ1n) is 5.40. The van der Waals surface area contributed by atoms with E-state index in [0.29, 0.717) is 12.5 Å². The number of hydrogen-bond donors (Lipinski definition) is 0. The lowest BCUT2D eigenvalue weighted by atomic mass is 10.2. The molecule has 0 unspecified atom stereocenters. The molecule has 90 valence electrons. The van der Waals surface area contributed by atoms with E-state index in [0.717, 1.165) is 15.8 Å². The molecule has 3 aromatic rings. The van der Waals surface area contributed by atoms with Crippen LogP contribution < -0.4 is 4.74 Å². The van der Waals surface area contributed by atoms with E-state index in [2.05, 4.69) is 9.97 Å². The summed E-state index contributed by atoms with van der Waals surface area (Å²) in [6.07, 6.45) is 0. The number of para-hydroxylation sites is 1. The van der Waals surface area contributed by atoms with Gasteiger partial charge in [0.25, 0.3) is 0 Å². The molecule has 1 aromatic carbocycles. The molecule has 0 aliphatic heterocycles. The Kier molecular flexibility index (Phi) is 3.13. The van der Waals surface area contributed by atoms with E-state index < -0.39 is 0 Å². The summed E-state index contributed by atoms with van der Waals surface area (Å²) in [7, 11) is 0. The van der Waals surface area contributed by atoms with E-state index in [1.165, 1.54) is 0 Å². The van der Waals surface area contributed by atoms with E-state index >= 15 is 0 Å². The molecular weight excluding hydrogens is 268 g/mol. The van der Waals surface area contributed by atoms with Crippen LogP contribution >= 0.6 is 22.9 Å². The molecule has 0 N–H and O–H groups in total. The highest BCUT2D eigenvalue weighted by molar-refractivity contribution is 7.09. The van der Waals surface area contributed by atoms with E-state index in [1.807, 2.05) is 41.8 Å². The number of fused-ring (bicyclic) bond motifs is 1. The number of benzene rings is 1. The maximum Gasteiger partial charge on any atom is 0.226 e. The van der Waals surface area contributed by atoms with Crippen LogP contribution in [0, 0.1) is 0 Å². The highest BCUT2D eigenvalue weighted by Crippen LogP contribution is 2.24. The zero-order chi connectivity index (χ0) is 12.4. The van der Waals surface area contributed by atoms with Crippen LogP contribution in [0.3, 0.4) is 0 Å². The second kappa shape index (κ2) is 4.92. The molecule has 3 rings (SSSR count). The van der Waals surface area contributed by atoms with Crippen molar-refractivity contribution < 1.29 is 4.74 Å². The molecule has 0 spiro atoms. The molecule has 18 heavy (non-hydrogen) atoms. The third-order valence-corrected chi connectivity index (χ3v) is 3.49. The first kappa shape index (κ1) is 11.4. The fraction of sp³-hybridized carbons (Fsp3) is 0.0769. The lowest BCUT2D eigenvalue weighted by molar-refractivity contribution is 0.301. The predicted molar refractivity (Wildman–Crippen MR) is 73.2 cm³/mol. The van der Waals surface area contributed by atoms with Crippen LogP contribution in [-0.2, 0) is 6.61 Å². The van der Waals surface area contributed by atoms with Crippen LogP contribution in [-0.4, -0.2) is 9.97 Å². The molecule has 0 bridgehead atoms. The summed E-state index contributed by atoms with van der Waals surface area (Å²) >= 11 is 7.54. The van der Waals surface area contributed by atoms with Gasteiger partial charge in [-0.2, -0.15) is 4.98 Å². The molecule has 5 heteroatoms. The minimum atomic E-state index is 0.204. The van der Waals surface area contributed by atoms with Crippen LogP contribution in [0.4, 0.5) is 0 Å². The Balaban J connectivity index is 1.95. The molecule has 0 saturated heterocycles. The van der Waals surface area contributed by atoms with E-state index in [9.17, 15) is 0 Å². The van der Waals surface area contributed by atoms with Crippen LogP contribution in [0.2, 0.25) is 5.28 Å². The van der Waals surface area contributed by atoms with Crippen molar-refractivity contribution in [1.29, 1.82) is 0 Å². The number of nitrogens with zero attached hydrogens (tertiary/aromatic N) is 2. The smallest absolute Gasteiger partial charge is 0.226 e. The summed E-state index contributed by atoms with van der Waals surface area (Å²) in [5, 5.41) is 3.09. The fourth-order valence-electron chi connectivity index (χ4n) is 1.66. The summed E-state index contributed by atoms with van der Waals surface area (Å²) in [6.45, 7) is 0.495. The van der Waals surface area contributed by atoms with Crippen molar-refractivity contribution in [3.63, 3.8) is 0 Å². The van der Waals surface area contributed by atoms with Crippen molar-refractivity contribution in [1.82, 2.24) is 9.97 Å². The van der Waals surface area contributed by atoms with E-state index in [4.69, 9.17) is 16.3 Å². The molecule has 0 fully saturated rings. The summed E-state index contributed by atoms with van der Waals surface area (Å²) in [5.74, 6) is 0.527. The monoisotopic (exact) mass is 276 g/mol. The quantitative estimate of drug-likeness (QED) is 0.680. The number of hydrogen-bond acceptors (Lipinski definition) is 4. The zero-order valence-corrected chi connectivity index (χ0v) is 10.9.